The van der Waals surface area contributed by atoms with E-state index >= 15 is 0 Å². The minimum absolute atomic E-state index is 0.160. The number of hydrogen-bond acceptors (Lipinski definition) is 1. The lowest BCUT2D eigenvalue weighted by Gasteiger charge is -2.28. The minimum Gasteiger partial charge on any atom is -0.333 e. The van der Waals surface area contributed by atoms with Crippen LogP contribution in [0.25, 0.3) is 77.2 Å². The van der Waals surface area contributed by atoms with E-state index in [-0.39, 0.29) is 6.04 Å². The highest BCUT2D eigenvalue weighted by atomic mass is 15.2. The second-order valence-corrected chi connectivity index (χ2v) is 15.7. The van der Waals surface area contributed by atoms with Crippen molar-refractivity contribution in [1.29, 1.82) is 0 Å². The van der Waals surface area contributed by atoms with Crippen molar-refractivity contribution in [1.82, 2.24) is 9.13 Å². The first kappa shape index (κ1) is 33.5. The van der Waals surface area contributed by atoms with Gasteiger partial charge in [0, 0.05) is 56.3 Å². The molecule has 2 aromatic heterocycles. The molecule has 1 aliphatic rings. The summed E-state index contributed by atoms with van der Waals surface area (Å²) in [6.07, 6.45) is 0.891. The monoisotopic (exact) mass is 753 g/mol. The first-order chi connectivity index (χ1) is 29.3. The largest absolute Gasteiger partial charge is 0.333 e. The average molecular weight is 754 g/mol. The van der Waals surface area contributed by atoms with Gasteiger partial charge in [-0.15, -0.1) is 0 Å². The van der Waals surface area contributed by atoms with E-state index in [9.17, 15) is 0 Å². The molecule has 1 atom stereocenters. The van der Waals surface area contributed by atoms with Crippen LogP contribution in [0, 0.1) is 0 Å². The third-order valence-electron chi connectivity index (χ3n) is 12.4. The maximum atomic E-state index is 2.56. The fourth-order valence-electron chi connectivity index (χ4n) is 9.82. The molecule has 3 heterocycles. The zero-order chi connectivity index (χ0) is 38.9. The number of aromatic nitrogens is 2. The Kier molecular flexibility index (Phi) is 7.67. The van der Waals surface area contributed by atoms with Gasteiger partial charge in [-0.25, -0.2) is 0 Å². The van der Waals surface area contributed by atoms with Gasteiger partial charge in [-0.3, -0.25) is 0 Å². The first-order valence-electron chi connectivity index (χ1n) is 20.5. The van der Waals surface area contributed by atoms with Crippen LogP contribution in [-0.2, 0) is 6.42 Å². The molecule has 3 heteroatoms. The molecule has 3 nitrogen and oxygen atoms in total. The highest BCUT2D eigenvalue weighted by molar-refractivity contribution is 6.13. The first-order valence-corrected chi connectivity index (χ1v) is 20.5. The molecule has 0 radical (unpaired) electrons. The number of para-hydroxylation sites is 3. The van der Waals surface area contributed by atoms with Crippen molar-refractivity contribution in [3.63, 3.8) is 0 Å². The normalized spacial score (nSPS) is 13.8. The van der Waals surface area contributed by atoms with Gasteiger partial charge in [-0.2, -0.15) is 0 Å². The summed E-state index contributed by atoms with van der Waals surface area (Å²) in [7, 11) is 0. The number of benzene rings is 9. The molecule has 1 aliphatic heterocycles. The SMILES string of the molecule is c1ccc(-c2cc(-n3c4ccccc4c4ccc(-c5ccccc5)cc43)cc(-n3c4ccccc4c4ccc5c(c43)CC(c3ccccc3)N5c3ccccc3)c2)cc1. The Hall–Kier alpha value is -7.62. The molecule has 59 heavy (non-hydrogen) atoms. The van der Waals surface area contributed by atoms with Gasteiger partial charge < -0.3 is 14.0 Å². The van der Waals surface area contributed by atoms with Gasteiger partial charge in [0.05, 0.1) is 28.1 Å². The van der Waals surface area contributed by atoms with E-state index in [0.29, 0.717) is 0 Å². The van der Waals surface area contributed by atoms with Crippen LogP contribution >= 0.6 is 0 Å². The van der Waals surface area contributed by atoms with Gasteiger partial charge >= 0.3 is 0 Å². The Balaban J connectivity index is 1.16. The summed E-state index contributed by atoms with van der Waals surface area (Å²) >= 11 is 0. The van der Waals surface area contributed by atoms with Crippen LogP contribution in [0.15, 0.2) is 218 Å². The lowest BCUT2D eigenvalue weighted by molar-refractivity contribution is 0.744. The molecule has 0 saturated heterocycles. The lowest BCUT2D eigenvalue weighted by atomic mass is 10.0. The van der Waals surface area contributed by atoms with Crippen molar-refractivity contribution < 1.29 is 0 Å². The Morgan fingerprint density at radius 3 is 1.56 bits per heavy atom. The van der Waals surface area contributed by atoms with Crippen LogP contribution in [0.3, 0.4) is 0 Å². The van der Waals surface area contributed by atoms with Crippen molar-refractivity contribution >= 4 is 55.0 Å². The Morgan fingerprint density at radius 2 is 0.864 bits per heavy atom. The summed E-state index contributed by atoms with van der Waals surface area (Å²) < 4.78 is 5.03. The van der Waals surface area contributed by atoms with Crippen LogP contribution < -0.4 is 4.90 Å². The van der Waals surface area contributed by atoms with Crippen LogP contribution in [-0.4, -0.2) is 9.13 Å². The lowest BCUT2D eigenvalue weighted by Crippen LogP contribution is -2.19. The smallest absolute Gasteiger partial charge is 0.0633 e. The standard InChI is InChI=1S/C56H39N3/c1-5-17-38(18-6-1)41-29-30-48-46-25-13-15-27-51(46)58(55(48)35-41)44-33-42(39-19-7-2-8-20-39)34-45(36-44)59-52-28-16-14-26-47(52)49-31-32-53-50(56(49)59)37-54(40-21-9-3-10-22-40)57(53)43-23-11-4-12-24-43/h1-36,54H,37H2. The van der Waals surface area contributed by atoms with E-state index in [0.717, 1.165) is 17.8 Å². The molecule has 0 N–H and O–H groups in total. The van der Waals surface area contributed by atoms with Crippen LogP contribution in [0.1, 0.15) is 17.2 Å². The van der Waals surface area contributed by atoms with Crippen molar-refractivity contribution in [2.45, 2.75) is 12.5 Å². The number of fused-ring (bicyclic) bond motifs is 8. The van der Waals surface area contributed by atoms with Gasteiger partial charge in [0.15, 0.2) is 0 Å². The predicted octanol–water partition coefficient (Wildman–Crippen LogP) is 14.7. The predicted molar refractivity (Wildman–Crippen MR) is 247 cm³/mol. The second kappa shape index (κ2) is 13.5. The summed E-state index contributed by atoms with van der Waals surface area (Å²) in [4.78, 5) is 2.56. The number of anilines is 2. The van der Waals surface area contributed by atoms with Gasteiger partial charge in [0.2, 0.25) is 0 Å². The van der Waals surface area contributed by atoms with Gasteiger partial charge in [-0.1, -0.05) is 164 Å². The van der Waals surface area contributed by atoms with E-state index in [1.54, 1.807) is 0 Å². The summed E-state index contributed by atoms with van der Waals surface area (Å²) in [5.74, 6) is 0. The maximum Gasteiger partial charge on any atom is 0.0633 e. The van der Waals surface area contributed by atoms with E-state index in [1.807, 2.05) is 0 Å². The fourth-order valence-corrected chi connectivity index (χ4v) is 9.82. The molecule has 12 rings (SSSR count). The molecule has 278 valence electrons. The summed E-state index contributed by atoms with van der Waals surface area (Å²) in [5, 5.41) is 5.03. The topological polar surface area (TPSA) is 13.1 Å². The van der Waals surface area contributed by atoms with Crippen molar-refractivity contribution in [2.24, 2.45) is 0 Å². The Labute approximate surface area is 343 Å². The van der Waals surface area contributed by atoms with Crippen LogP contribution in [0.5, 0.6) is 0 Å². The molecule has 1 unspecified atom stereocenters. The number of rotatable bonds is 6. The molecular formula is C56H39N3. The van der Waals surface area contributed by atoms with Gasteiger partial charge in [-0.05, 0) is 82.4 Å². The molecule has 9 aromatic carbocycles. The van der Waals surface area contributed by atoms with Crippen molar-refractivity contribution in [3.05, 3.63) is 230 Å². The highest BCUT2D eigenvalue weighted by Gasteiger charge is 2.34. The molecule has 0 bridgehead atoms. The van der Waals surface area contributed by atoms with Crippen molar-refractivity contribution in [3.8, 4) is 33.6 Å². The van der Waals surface area contributed by atoms with Crippen LogP contribution in [0.4, 0.5) is 11.4 Å². The summed E-state index contributed by atoms with van der Waals surface area (Å²) in [6, 6.07) is 80.3. The molecule has 0 aliphatic carbocycles. The number of nitrogens with zero attached hydrogens (tertiary/aromatic N) is 3. The molecule has 0 fully saturated rings. The maximum absolute atomic E-state index is 2.56. The quantitative estimate of drug-likeness (QED) is 0.165. The molecule has 0 amide bonds. The average Bonchev–Trinajstić information content (AvgIpc) is 3.98. The molecule has 0 saturated carbocycles. The second-order valence-electron chi connectivity index (χ2n) is 15.7. The summed E-state index contributed by atoms with van der Waals surface area (Å²) in [5.41, 5.74) is 17.1. The van der Waals surface area contributed by atoms with E-state index in [1.165, 1.54) is 88.4 Å². The van der Waals surface area contributed by atoms with Gasteiger partial charge in [0.25, 0.3) is 0 Å². The third-order valence-corrected chi connectivity index (χ3v) is 12.4. The van der Waals surface area contributed by atoms with E-state index < -0.39 is 0 Å². The molecule has 11 aromatic rings. The van der Waals surface area contributed by atoms with Crippen LogP contribution in [0.2, 0.25) is 0 Å². The number of hydrogen-bond donors (Lipinski definition) is 0. The Bertz CT molecular complexity index is 3340. The zero-order valence-electron chi connectivity index (χ0n) is 32.4. The van der Waals surface area contributed by atoms with Crippen molar-refractivity contribution in [2.75, 3.05) is 4.90 Å². The Morgan fingerprint density at radius 1 is 0.339 bits per heavy atom. The minimum atomic E-state index is 0.160. The molecular weight excluding hydrogens is 715 g/mol. The molecule has 0 spiro atoms. The van der Waals surface area contributed by atoms with E-state index in [2.05, 4.69) is 232 Å². The third kappa shape index (κ3) is 5.36. The summed E-state index contributed by atoms with van der Waals surface area (Å²) in [6.45, 7) is 0. The highest BCUT2D eigenvalue weighted by Crippen LogP contribution is 2.50. The zero-order valence-corrected chi connectivity index (χ0v) is 32.4. The van der Waals surface area contributed by atoms with E-state index in [4.69, 9.17) is 0 Å². The fraction of sp³-hybridized carbons (Fsp3) is 0.0357. The van der Waals surface area contributed by atoms with Gasteiger partial charge in [0.1, 0.15) is 0 Å².